The van der Waals surface area contributed by atoms with Crippen LogP contribution >= 0.6 is 0 Å². The van der Waals surface area contributed by atoms with Gasteiger partial charge in [0.15, 0.2) is 6.29 Å². The highest BCUT2D eigenvalue weighted by Gasteiger charge is 2.02. The van der Waals surface area contributed by atoms with E-state index in [1.54, 1.807) is 0 Å². The van der Waals surface area contributed by atoms with Gasteiger partial charge in [-0.05, 0) is 25.7 Å². The second-order valence-electron chi connectivity index (χ2n) is 4.20. The fourth-order valence-electron chi connectivity index (χ4n) is 1.12. The summed E-state index contributed by atoms with van der Waals surface area (Å²) >= 11 is 0. The van der Waals surface area contributed by atoms with Crippen molar-refractivity contribution in [1.29, 1.82) is 0 Å². The van der Waals surface area contributed by atoms with Gasteiger partial charge in [-0.2, -0.15) is 0 Å². The van der Waals surface area contributed by atoms with Crippen LogP contribution in [0.25, 0.3) is 0 Å². The van der Waals surface area contributed by atoms with Crippen LogP contribution in [0.5, 0.6) is 0 Å². The molecule has 0 saturated carbocycles. The van der Waals surface area contributed by atoms with Gasteiger partial charge in [-0.25, -0.2) is 0 Å². The van der Waals surface area contributed by atoms with E-state index in [2.05, 4.69) is 20.8 Å². The highest BCUT2D eigenvalue weighted by Crippen LogP contribution is 2.03. The smallest absolute Gasteiger partial charge is 0.154 e. The van der Waals surface area contributed by atoms with Crippen LogP contribution < -0.4 is 0 Å². The number of hydrogen-bond donors (Lipinski definition) is 0. The van der Waals surface area contributed by atoms with Crippen LogP contribution in [0.2, 0.25) is 0 Å². The van der Waals surface area contributed by atoms with Crippen LogP contribution in [0, 0.1) is 5.92 Å². The lowest BCUT2D eigenvalue weighted by Gasteiger charge is -2.14. The van der Waals surface area contributed by atoms with Gasteiger partial charge in [-0.1, -0.05) is 33.6 Å². The van der Waals surface area contributed by atoms with E-state index in [0.29, 0.717) is 5.92 Å². The normalized spacial score (nSPS) is 13.5. The van der Waals surface area contributed by atoms with Crippen LogP contribution in [-0.4, -0.2) is 19.5 Å². The average Bonchev–Trinajstić information content (AvgIpc) is 2.12. The third-order valence-electron chi connectivity index (χ3n) is 2.15. The molecule has 1 unspecified atom stereocenters. The first kappa shape index (κ1) is 13.9. The van der Waals surface area contributed by atoms with Crippen molar-refractivity contribution in [2.24, 2.45) is 5.92 Å². The maximum atomic E-state index is 5.51. The SMILES string of the molecule is CCCCCOC(C)OCCC(C)C. The van der Waals surface area contributed by atoms with Crippen molar-refractivity contribution in [2.45, 2.75) is 59.7 Å². The van der Waals surface area contributed by atoms with E-state index < -0.39 is 0 Å². The summed E-state index contributed by atoms with van der Waals surface area (Å²) in [5.74, 6) is 0.710. The van der Waals surface area contributed by atoms with Crippen LogP contribution in [0.3, 0.4) is 0 Å². The number of hydrogen-bond acceptors (Lipinski definition) is 2. The van der Waals surface area contributed by atoms with Crippen molar-refractivity contribution in [2.75, 3.05) is 13.2 Å². The molecule has 0 radical (unpaired) electrons. The number of ether oxygens (including phenoxy) is 2. The monoisotopic (exact) mass is 202 g/mol. The van der Waals surface area contributed by atoms with Gasteiger partial charge in [0.25, 0.3) is 0 Å². The zero-order chi connectivity index (χ0) is 10.8. The molecule has 1 atom stereocenters. The zero-order valence-corrected chi connectivity index (χ0v) is 10.2. The quantitative estimate of drug-likeness (QED) is 0.420. The van der Waals surface area contributed by atoms with Gasteiger partial charge in [0.05, 0.1) is 0 Å². The Kier molecular flexibility index (Phi) is 9.42. The van der Waals surface area contributed by atoms with Crippen molar-refractivity contribution in [1.82, 2.24) is 0 Å². The van der Waals surface area contributed by atoms with Crippen LogP contribution in [-0.2, 0) is 9.47 Å². The van der Waals surface area contributed by atoms with Gasteiger partial charge in [0.1, 0.15) is 0 Å². The van der Waals surface area contributed by atoms with Gasteiger partial charge in [-0.3, -0.25) is 0 Å². The predicted molar refractivity (Wildman–Crippen MR) is 60.3 cm³/mol. The molecule has 0 rings (SSSR count). The van der Waals surface area contributed by atoms with Crippen molar-refractivity contribution < 1.29 is 9.47 Å². The summed E-state index contributed by atoms with van der Waals surface area (Å²) in [5.41, 5.74) is 0. The molecule has 2 heteroatoms. The molecule has 0 amide bonds. The molecule has 0 saturated heterocycles. The van der Waals surface area contributed by atoms with Crippen molar-refractivity contribution in [3.05, 3.63) is 0 Å². The van der Waals surface area contributed by atoms with E-state index in [4.69, 9.17) is 9.47 Å². The molecule has 0 aromatic rings. The standard InChI is InChI=1S/C12H26O2/c1-5-6-7-9-13-12(4)14-10-8-11(2)3/h11-12H,5-10H2,1-4H3. The van der Waals surface area contributed by atoms with Gasteiger partial charge in [0.2, 0.25) is 0 Å². The van der Waals surface area contributed by atoms with E-state index in [1.165, 1.54) is 12.8 Å². The van der Waals surface area contributed by atoms with E-state index in [9.17, 15) is 0 Å². The second kappa shape index (κ2) is 9.47. The molecule has 0 aliphatic heterocycles. The maximum absolute atomic E-state index is 5.51. The Bertz CT molecular complexity index is 113. The molecule has 14 heavy (non-hydrogen) atoms. The topological polar surface area (TPSA) is 18.5 Å². The summed E-state index contributed by atoms with van der Waals surface area (Å²) < 4.78 is 11.0. The fraction of sp³-hybridized carbons (Fsp3) is 1.00. The molecule has 0 fully saturated rings. The molecule has 86 valence electrons. The summed E-state index contributed by atoms with van der Waals surface area (Å²) in [5, 5.41) is 0. The molecular formula is C12H26O2. The van der Waals surface area contributed by atoms with Crippen LogP contribution in [0.1, 0.15) is 53.4 Å². The molecule has 0 aliphatic carbocycles. The first-order valence-electron chi connectivity index (χ1n) is 5.90. The van der Waals surface area contributed by atoms with E-state index in [0.717, 1.165) is 26.1 Å². The molecule has 0 aliphatic rings. The summed E-state index contributed by atoms with van der Waals surface area (Å²) in [7, 11) is 0. The molecule has 0 heterocycles. The Labute approximate surface area is 89.0 Å². The van der Waals surface area contributed by atoms with E-state index in [-0.39, 0.29) is 6.29 Å². The van der Waals surface area contributed by atoms with E-state index >= 15 is 0 Å². The van der Waals surface area contributed by atoms with Gasteiger partial charge in [-0.15, -0.1) is 0 Å². The zero-order valence-electron chi connectivity index (χ0n) is 10.2. The Morgan fingerprint density at radius 1 is 0.929 bits per heavy atom. The Balaban J connectivity index is 3.15. The third kappa shape index (κ3) is 10.0. The van der Waals surface area contributed by atoms with E-state index in [1.807, 2.05) is 6.92 Å². The highest BCUT2D eigenvalue weighted by molar-refractivity contribution is 4.44. The molecular weight excluding hydrogens is 176 g/mol. The molecule has 0 bridgehead atoms. The lowest BCUT2D eigenvalue weighted by molar-refractivity contribution is -0.132. The third-order valence-corrected chi connectivity index (χ3v) is 2.15. The minimum atomic E-state index is -0.0365. The van der Waals surface area contributed by atoms with Crippen molar-refractivity contribution in [3.63, 3.8) is 0 Å². The Morgan fingerprint density at radius 3 is 2.14 bits per heavy atom. The first-order valence-corrected chi connectivity index (χ1v) is 5.90. The Hall–Kier alpha value is -0.0800. The lowest BCUT2D eigenvalue weighted by Crippen LogP contribution is -2.15. The van der Waals surface area contributed by atoms with Gasteiger partial charge in [0, 0.05) is 13.2 Å². The fourth-order valence-corrected chi connectivity index (χ4v) is 1.12. The summed E-state index contributed by atoms with van der Waals surface area (Å²) in [6, 6.07) is 0. The largest absolute Gasteiger partial charge is 0.353 e. The minimum absolute atomic E-state index is 0.0365. The van der Waals surface area contributed by atoms with Crippen LogP contribution in [0.4, 0.5) is 0 Å². The summed E-state index contributed by atoms with van der Waals surface area (Å²) in [4.78, 5) is 0. The first-order chi connectivity index (χ1) is 6.66. The van der Waals surface area contributed by atoms with Crippen LogP contribution in [0.15, 0.2) is 0 Å². The Morgan fingerprint density at radius 2 is 1.57 bits per heavy atom. The maximum Gasteiger partial charge on any atom is 0.154 e. The average molecular weight is 202 g/mol. The van der Waals surface area contributed by atoms with Gasteiger partial charge >= 0.3 is 0 Å². The molecule has 0 aromatic carbocycles. The number of rotatable bonds is 9. The second-order valence-corrected chi connectivity index (χ2v) is 4.20. The molecule has 0 aromatic heterocycles. The number of unbranched alkanes of at least 4 members (excludes halogenated alkanes) is 2. The van der Waals surface area contributed by atoms with Crippen molar-refractivity contribution >= 4 is 0 Å². The highest BCUT2D eigenvalue weighted by atomic mass is 16.7. The van der Waals surface area contributed by atoms with Gasteiger partial charge < -0.3 is 9.47 Å². The lowest BCUT2D eigenvalue weighted by atomic mass is 10.1. The summed E-state index contributed by atoms with van der Waals surface area (Å²) in [6.07, 6.45) is 4.72. The minimum Gasteiger partial charge on any atom is -0.353 e. The van der Waals surface area contributed by atoms with Crippen molar-refractivity contribution in [3.8, 4) is 0 Å². The molecule has 0 N–H and O–H groups in total. The molecule has 2 nitrogen and oxygen atoms in total. The predicted octanol–water partition coefficient (Wildman–Crippen LogP) is 3.60. The molecule has 0 spiro atoms. The summed E-state index contributed by atoms with van der Waals surface area (Å²) in [6.45, 7) is 10.2.